The number of Topliss-reactive ketones (excluding diaryl/α,β-unsaturated/α-hetero) is 1. The zero-order valence-corrected chi connectivity index (χ0v) is 28.0. The molecule has 4 rings (SSSR count). The minimum atomic E-state index is -0.938. The van der Waals surface area contributed by atoms with Gasteiger partial charge in [-0.15, -0.1) is 10.1 Å². The van der Waals surface area contributed by atoms with Gasteiger partial charge in [0.2, 0.25) is 0 Å². The molecule has 0 aliphatic rings. The number of hydrogen-bond acceptors (Lipinski definition) is 11. The van der Waals surface area contributed by atoms with Crippen LogP contribution in [0.1, 0.15) is 66.6 Å². The van der Waals surface area contributed by atoms with Crippen LogP contribution in [-0.4, -0.2) is 29.4 Å². The van der Waals surface area contributed by atoms with Crippen LogP contribution in [0.3, 0.4) is 0 Å². The van der Waals surface area contributed by atoms with E-state index in [-0.39, 0.29) is 54.6 Å². The van der Waals surface area contributed by atoms with Crippen LogP contribution in [0.25, 0.3) is 10.4 Å². The summed E-state index contributed by atoms with van der Waals surface area (Å²) in [6.07, 6.45) is 0.878. The van der Waals surface area contributed by atoms with Crippen molar-refractivity contribution >= 4 is 50.6 Å². The normalized spacial score (nSPS) is 11.6. The summed E-state index contributed by atoms with van der Waals surface area (Å²) in [6, 6.07) is 21.4. The first-order valence-corrected chi connectivity index (χ1v) is 17.2. The number of hydrogen-bond donors (Lipinski definition) is 0. The highest BCUT2D eigenvalue weighted by Crippen LogP contribution is 2.31. The summed E-state index contributed by atoms with van der Waals surface area (Å²) in [5, 5.41) is 9.43. The lowest BCUT2D eigenvalue weighted by atomic mass is 9.91. The van der Waals surface area contributed by atoms with Gasteiger partial charge in [0, 0.05) is 23.6 Å². The first kappa shape index (κ1) is 34.6. The highest BCUT2D eigenvalue weighted by molar-refractivity contribution is 7.80. The summed E-state index contributed by atoms with van der Waals surface area (Å²) in [5.74, 6) is -1.14. The number of carbonyl (C=O) groups excluding carboxylic acids is 3. The van der Waals surface area contributed by atoms with E-state index in [1.165, 1.54) is 28.0 Å². The Hall–Kier alpha value is -4.26. The molecule has 3 aromatic carbocycles. The summed E-state index contributed by atoms with van der Waals surface area (Å²) in [7, 11) is 3.06. The van der Waals surface area contributed by atoms with E-state index in [1.54, 1.807) is 28.5 Å². The Bertz CT molecular complexity index is 1740. The number of benzene rings is 3. The van der Waals surface area contributed by atoms with Crippen molar-refractivity contribution in [3.8, 4) is 21.9 Å². The van der Waals surface area contributed by atoms with E-state index in [1.807, 2.05) is 49.4 Å². The van der Waals surface area contributed by atoms with Gasteiger partial charge in [-0.2, -0.15) is 0 Å². The van der Waals surface area contributed by atoms with Crippen molar-refractivity contribution in [3.05, 3.63) is 109 Å². The average molecular weight is 680 g/mol. The van der Waals surface area contributed by atoms with Crippen molar-refractivity contribution in [2.24, 2.45) is 5.92 Å². The topological polar surface area (TPSA) is 122 Å². The van der Waals surface area contributed by atoms with Gasteiger partial charge in [0.15, 0.2) is 0 Å². The van der Waals surface area contributed by atoms with Gasteiger partial charge < -0.3 is 14.3 Å². The predicted molar refractivity (Wildman–Crippen MR) is 180 cm³/mol. The fourth-order valence-electron chi connectivity index (χ4n) is 4.64. The van der Waals surface area contributed by atoms with Gasteiger partial charge in [0.05, 0.1) is 6.61 Å². The molecule has 0 aliphatic heterocycles. The molecule has 9 nitrogen and oxygen atoms in total. The Morgan fingerprint density at radius 3 is 2.22 bits per heavy atom. The van der Waals surface area contributed by atoms with Crippen molar-refractivity contribution in [2.45, 2.75) is 52.4 Å². The fourth-order valence-corrected chi connectivity index (χ4v) is 7.04. The largest absolute Gasteiger partial charge is 0.426 e. The molecular weight excluding hydrogens is 647 g/mol. The van der Waals surface area contributed by atoms with Crippen LogP contribution in [0.15, 0.2) is 72.8 Å². The second-order valence-corrected chi connectivity index (χ2v) is 14.0. The molecule has 12 heteroatoms. The molecule has 0 N–H and O–H groups in total. The molecule has 1 heterocycles. The molecule has 0 aliphatic carbocycles. The van der Waals surface area contributed by atoms with E-state index in [0.29, 0.717) is 11.5 Å². The quantitative estimate of drug-likeness (QED) is 0.0232. The molecule has 1 aromatic heterocycles. The van der Waals surface area contributed by atoms with Crippen molar-refractivity contribution in [1.82, 2.24) is 0 Å². The first-order chi connectivity index (χ1) is 22.0. The molecule has 0 bridgehead atoms. The zero-order valence-electron chi connectivity index (χ0n) is 25.6. The number of rotatable bonds is 15. The Labute approximate surface area is 279 Å². The van der Waals surface area contributed by atoms with Crippen LogP contribution in [-0.2, 0) is 27.3 Å². The van der Waals surface area contributed by atoms with Crippen molar-refractivity contribution < 1.29 is 33.8 Å². The highest BCUT2D eigenvalue weighted by Gasteiger charge is 2.22. The maximum atomic E-state index is 13.4. The van der Waals surface area contributed by atoms with Gasteiger partial charge in [-0.1, -0.05) is 84.0 Å². The molecule has 1 unspecified atom stereocenters. The third-order valence-corrected chi connectivity index (χ3v) is 9.92. The third kappa shape index (κ3) is 10.1. The maximum Gasteiger partial charge on any atom is 0.347 e. The molecule has 0 spiro atoms. The predicted octanol–water partition coefficient (Wildman–Crippen LogP) is 8.43. The summed E-state index contributed by atoms with van der Waals surface area (Å²) < 4.78 is 11.9. The molecule has 0 saturated carbocycles. The molecule has 0 saturated heterocycles. The summed E-state index contributed by atoms with van der Waals surface area (Å²) in [6.45, 7) is 5.89. The average Bonchev–Trinajstić information content (AvgIpc) is 3.46. The van der Waals surface area contributed by atoms with Gasteiger partial charge >= 0.3 is 11.9 Å². The molecule has 0 fully saturated rings. The van der Waals surface area contributed by atoms with Crippen LogP contribution < -0.4 is 9.47 Å². The van der Waals surface area contributed by atoms with Gasteiger partial charge in [-0.25, -0.2) is 4.79 Å². The fraction of sp³-hybridized carbons (Fsp3) is 0.294. The van der Waals surface area contributed by atoms with Gasteiger partial charge in [0.1, 0.15) is 26.7 Å². The number of ether oxygens (including phenoxy) is 2. The van der Waals surface area contributed by atoms with Crippen LogP contribution in [0, 0.1) is 19.9 Å². The summed E-state index contributed by atoms with van der Waals surface area (Å²) >= 11 is 5.21. The molecule has 0 radical (unpaired) electrons. The van der Waals surface area contributed by atoms with Gasteiger partial charge in [-0.3, -0.25) is 9.59 Å². The van der Waals surface area contributed by atoms with Crippen molar-refractivity contribution in [2.75, 3.05) is 6.61 Å². The van der Waals surface area contributed by atoms with Gasteiger partial charge in [-0.05, 0) is 83.5 Å². The van der Waals surface area contributed by atoms with E-state index in [9.17, 15) is 24.5 Å². The monoisotopic (exact) mass is 679 g/mol. The Balaban J connectivity index is 1.51. The lowest BCUT2D eigenvalue weighted by molar-refractivity contribution is -0.757. The van der Waals surface area contributed by atoms with Crippen LogP contribution in [0.2, 0.25) is 0 Å². The van der Waals surface area contributed by atoms with Crippen LogP contribution in [0.4, 0.5) is 0 Å². The van der Waals surface area contributed by atoms with E-state index in [2.05, 4.69) is 18.7 Å². The Morgan fingerprint density at radius 2 is 1.59 bits per heavy atom. The highest BCUT2D eigenvalue weighted by atomic mass is 32.9. The minimum Gasteiger partial charge on any atom is -0.426 e. The van der Waals surface area contributed by atoms with Crippen LogP contribution in [0.5, 0.6) is 11.5 Å². The second kappa shape index (κ2) is 16.3. The van der Waals surface area contributed by atoms with E-state index in [4.69, 9.17) is 21.7 Å². The van der Waals surface area contributed by atoms with Crippen molar-refractivity contribution in [1.29, 1.82) is 0 Å². The standard InChI is InChI=1S/C34H33NO8S3/c1-21(2)17-23-6-9-25(10-7-23)22(3)29(36)19-24-8-15-30(43-32(37)5-4-16-41-35(39)40)28(18-24)34(38)42-27-13-11-26(12-14-27)31-20-33(44)46-45-31/h6-15,18,20-22H,4-5,16-17,19H2,1-3H3. The Morgan fingerprint density at radius 1 is 0.891 bits per heavy atom. The number of carbonyl (C=O) groups is 3. The smallest absolute Gasteiger partial charge is 0.347 e. The van der Waals surface area contributed by atoms with Gasteiger partial charge in [0.25, 0.3) is 5.09 Å². The Kier molecular flexibility index (Phi) is 12.3. The molecule has 1 atom stereocenters. The van der Waals surface area contributed by atoms with E-state index in [0.717, 1.165) is 26.2 Å². The van der Waals surface area contributed by atoms with Crippen molar-refractivity contribution in [3.63, 3.8) is 0 Å². The summed E-state index contributed by atoms with van der Waals surface area (Å²) in [4.78, 5) is 54.8. The number of esters is 2. The molecule has 46 heavy (non-hydrogen) atoms. The minimum absolute atomic E-state index is 0.0363. The lowest BCUT2D eigenvalue weighted by Gasteiger charge is -2.14. The van der Waals surface area contributed by atoms with E-state index < -0.39 is 17.0 Å². The second-order valence-electron chi connectivity index (χ2n) is 11.1. The first-order valence-electron chi connectivity index (χ1n) is 14.6. The zero-order chi connectivity index (χ0) is 33.2. The number of nitrogens with zero attached hydrogens (tertiary/aromatic N) is 1. The molecule has 0 amide bonds. The van der Waals surface area contributed by atoms with Crippen LogP contribution >= 0.6 is 32.9 Å². The molecule has 240 valence electrons. The third-order valence-electron chi connectivity index (χ3n) is 7.01. The maximum absolute atomic E-state index is 13.4. The van der Waals surface area contributed by atoms with E-state index >= 15 is 0 Å². The molecule has 4 aromatic rings. The lowest BCUT2D eigenvalue weighted by Crippen LogP contribution is -2.17. The number of ketones is 1. The summed E-state index contributed by atoms with van der Waals surface area (Å²) in [5.41, 5.74) is 3.56. The SMILES string of the molecule is CC(C)Cc1ccc(C(C)C(=O)Cc2ccc(OC(=O)CCCO[N+](=O)[O-])c(C(=O)Oc3ccc(-c4cc(=S)ss4)cc3)c2)cc1. The molecular formula is C34H33NO8S3.